The van der Waals surface area contributed by atoms with Crippen LogP contribution in [0.15, 0.2) is 24.5 Å². The Hall–Kier alpha value is -2.85. The number of halogens is 2. The minimum absolute atomic E-state index is 0.0335. The summed E-state index contributed by atoms with van der Waals surface area (Å²) in [6.07, 6.45) is 5.50. The topological polar surface area (TPSA) is 99.1 Å². The number of ether oxygens (including phenoxy) is 2. The van der Waals surface area contributed by atoms with E-state index in [2.05, 4.69) is 25.5 Å². The van der Waals surface area contributed by atoms with Gasteiger partial charge in [-0.05, 0) is 63.5 Å². The molecule has 6 rings (SSSR count). The summed E-state index contributed by atoms with van der Waals surface area (Å²) in [6.45, 7) is 5.62. The molecule has 3 aliphatic carbocycles. The number of hydrogen-bond acceptors (Lipinski definition) is 8. The third-order valence-electron chi connectivity index (χ3n) is 7.16. The molecule has 3 fully saturated rings. The van der Waals surface area contributed by atoms with Crippen LogP contribution in [0.25, 0.3) is 11.1 Å². The predicted octanol–water partition coefficient (Wildman–Crippen LogP) is 5.52. The lowest BCUT2D eigenvalue weighted by Gasteiger charge is -2.73. The molecule has 3 aliphatic rings. The lowest BCUT2D eigenvalue weighted by Crippen LogP contribution is -2.70. The highest BCUT2D eigenvalue weighted by Crippen LogP contribution is 2.77. The maximum absolute atomic E-state index is 14.4. The summed E-state index contributed by atoms with van der Waals surface area (Å²) in [4.78, 5) is 21.5. The molecule has 8 nitrogen and oxygen atoms in total. The van der Waals surface area contributed by atoms with Crippen LogP contribution in [0.4, 0.5) is 9.52 Å². The van der Waals surface area contributed by atoms with Gasteiger partial charge < -0.3 is 9.47 Å². The number of aryl methyl sites for hydroxylation is 1. The number of hydrogen-bond donors (Lipinski definition) is 1. The van der Waals surface area contributed by atoms with Gasteiger partial charge in [-0.25, -0.2) is 9.37 Å². The van der Waals surface area contributed by atoms with Crippen molar-refractivity contribution in [2.45, 2.75) is 45.7 Å². The zero-order valence-electron chi connectivity index (χ0n) is 19.8. The Morgan fingerprint density at radius 2 is 1.94 bits per heavy atom. The van der Waals surface area contributed by atoms with Crippen LogP contribution >= 0.6 is 22.9 Å². The standard InChI is InChI=1S/C24H25ClFN5O3S/c1-13-5-14(15-6-18(25)28-8-17(15)33-4)16(7-27-13)19(32)29-20-30-31-21(35-20)34-12-23-9-24(10-23,11-23)22(2,3)26/h5-8H,9-12H2,1-4H3,(H,29,30,32). The highest BCUT2D eigenvalue weighted by Gasteiger charge is 2.73. The van der Waals surface area contributed by atoms with Gasteiger partial charge in [-0.2, -0.15) is 0 Å². The number of nitrogens with zero attached hydrogens (tertiary/aromatic N) is 4. The summed E-state index contributed by atoms with van der Waals surface area (Å²) in [5.74, 6) is 0.0731. The Balaban J connectivity index is 1.28. The van der Waals surface area contributed by atoms with Gasteiger partial charge >= 0.3 is 0 Å². The van der Waals surface area contributed by atoms with E-state index >= 15 is 0 Å². The number of rotatable bonds is 8. The molecule has 0 aromatic carbocycles. The minimum atomic E-state index is -1.16. The molecule has 0 atom stereocenters. The second-order valence-corrected chi connectivity index (χ2v) is 11.3. The molecule has 3 heterocycles. The second-order valence-electron chi connectivity index (χ2n) is 9.98. The number of nitrogens with one attached hydrogen (secondary N) is 1. The molecule has 1 N–H and O–H groups in total. The average Bonchev–Trinajstić information content (AvgIpc) is 3.17. The number of methoxy groups -OCH3 is 1. The number of pyridine rings is 2. The van der Waals surface area contributed by atoms with E-state index in [9.17, 15) is 9.18 Å². The van der Waals surface area contributed by atoms with Crippen molar-refractivity contribution >= 4 is 34.0 Å². The summed E-state index contributed by atoms with van der Waals surface area (Å²) in [7, 11) is 1.52. The van der Waals surface area contributed by atoms with E-state index in [0.29, 0.717) is 39.4 Å². The van der Waals surface area contributed by atoms with Gasteiger partial charge in [0.15, 0.2) is 0 Å². The smallest absolute Gasteiger partial charge is 0.295 e. The molecule has 0 saturated heterocycles. The highest BCUT2D eigenvalue weighted by molar-refractivity contribution is 7.17. The SMILES string of the molecule is COc1cnc(Cl)cc1-c1cc(C)ncc1C(=O)Nc1nnc(OCC23CC(C(C)(C)F)(C2)C3)s1. The normalized spacial score (nSPS) is 22.7. The van der Waals surface area contributed by atoms with E-state index in [1.165, 1.54) is 19.5 Å². The number of amides is 1. The molecule has 3 saturated carbocycles. The van der Waals surface area contributed by atoms with Gasteiger partial charge in [0.25, 0.3) is 11.1 Å². The maximum atomic E-state index is 14.4. The first-order valence-corrected chi connectivity index (χ1v) is 12.4. The largest absolute Gasteiger partial charge is 0.494 e. The lowest BCUT2D eigenvalue weighted by atomic mass is 9.32. The molecule has 0 aliphatic heterocycles. The third-order valence-corrected chi connectivity index (χ3v) is 8.12. The van der Waals surface area contributed by atoms with Crippen LogP contribution in [0.3, 0.4) is 0 Å². The summed E-state index contributed by atoms with van der Waals surface area (Å²) in [5, 5.41) is 11.8. The molecule has 2 bridgehead atoms. The molecule has 0 spiro atoms. The predicted molar refractivity (Wildman–Crippen MR) is 131 cm³/mol. The molecule has 184 valence electrons. The van der Waals surface area contributed by atoms with Crippen LogP contribution < -0.4 is 14.8 Å². The van der Waals surface area contributed by atoms with Crippen LogP contribution in [-0.4, -0.2) is 45.5 Å². The van der Waals surface area contributed by atoms with E-state index in [-0.39, 0.29) is 16.0 Å². The van der Waals surface area contributed by atoms with Crippen molar-refractivity contribution in [1.82, 2.24) is 20.2 Å². The van der Waals surface area contributed by atoms with Gasteiger partial charge in [-0.3, -0.25) is 15.1 Å². The zero-order valence-corrected chi connectivity index (χ0v) is 21.4. The van der Waals surface area contributed by atoms with Crippen molar-refractivity contribution in [3.8, 4) is 22.1 Å². The average molecular weight is 518 g/mol. The van der Waals surface area contributed by atoms with Gasteiger partial charge in [-0.15, -0.1) is 5.10 Å². The van der Waals surface area contributed by atoms with E-state index < -0.39 is 11.6 Å². The molecule has 0 radical (unpaired) electrons. The molecule has 35 heavy (non-hydrogen) atoms. The van der Waals surface area contributed by atoms with Crippen molar-refractivity contribution in [1.29, 1.82) is 0 Å². The molecular weight excluding hydrogens is 493 g/mol. The van der Waals surface area contributed by atoms with E-state index in [1.54, 1.807) is 26.0 Å². The highest BCUT2D eigenvalue weighted by atomic mass is 35.5. The fourth-order valence-corrected chi connectivity index (χ4v) is 5.98. The first-order valence-electron chi connectivity index (χ1n) is 11.2. The Morgan fingerprint density at radius 1 is 1.20 bits per heavy atom. The zero-order chi connectivity index (χ0) is 25.0. The fraction of sp³-hybridized carbons (Fsp3) is 0.458. The van der Waals surface area contributed by atoms with Crippen LogP contribution in [0, 0.1) is 17.8 Å². The minimum Gasteiger partial charge on any atom is -0.494 e. The first kappa shape index (κ1) is 23.9. The quantitative estimate of drug-likeness (QED) is 0.393. The molecule has 0 unspecified atom stereocenters. The number of alkyl halides is 1. The van der Waals surface area contributed by atoms with Crippen molar-refractivity contribution in [2.75, 3.05) is 19.0 Å². The van der Waals surface area contributed by atoms with Gasteiger partial charge in [0.05, 0.1) is 25.5 Å². The van der Waals surface area contributed by atoms with Crippen molar-refractivity contribution in [3.05, 3.63) is 40.9 Å². The van der Waals surface area contributed by atoms with Crippen LogP contribution in [0.2, 0.25) is 5.15 Å². The second kappa shape index (κ2) is 8.37. The summed E-state index contributed by atoms with van der Waals surface area (Å²) >= 11 is 7.25. The van der Waals surface area contributed by atoms with Gasteiger partial charge in [0.2, 0.25) is 5.13 Å². The summed E-state index contributed by atoms with van der Waals surface area (Å²) in [5.41, 5.74) is 0.947. The van der Waals surface area contributed by atoms with Crippen LogP contribution in [0.5, 0.6) is 10.9 Å². The van der Waals surface area contributed by atoms with Crippen molar-refractivity contribution in [2.24, 2.45) is 10.8 Å². The maximum Gasteiger partial charge on any atom is 0.295 e. The molecule has 11 heteroatoms. The number of anilines is 1. The van der Waals surface area contributed by atoms with Crippen molar-refractivity contribution in [3.63, 3.8) is 0 Å². The number of carbonyl (C=O) groups is 1. The monoisotopic (exact) mass is 517 g/mol. The summed E-state index contributed by atoms with van der Waals surface area (Å²) in [6, 6.07) is 3.43. The summed E-state index contributed by atoms with van der Waals surface area (Å²) < 4.78 is 25.6. The Kier molecular flexibility index (Phi) is 5.71. The van der Waals surface area contributed by atoms with Crippen LogP contribution in [0.1, 0.15) is 49.2 Å². The Morgan fingerprint density at radius 3 is 2.63 bits per heavy atom. The van der Waals surface area contributed by atoms with Crippen LogP contribution in [-0.2, 0) is 0 Å². The lowest BCUT2D eigenvalue weighted by molar-refractivity contribution is -0.275. The molecule has 3 aromatic rings. The van der Waals surface area contributed by atoms with E-state index in [4.69, 9.17) is 21.1 Å². The van der Waals surface area contributed by atoms with E-state index in [0.717, 1.165) is 36.3 Å². The molecule has 1 amide bonds. The van der Waals surface area contributed by atoms with Gasteiger partial charge in [0, 0.05) is 33.8 Å². The fourth-order valence-electron chi connectivity index (χ4n) is 5.23. The van der Waals surface area contributed by atoms with Crippen molar-refractivity contribution < 1.29 is 18.7 Å². The van der Waals surface area contributed by atoms with E-state index in [1.807, 2.05) is 6.92 Å². The van der Waals surface area contributed by atoms with Gasteiger partial charge in [0.1, 0.15) is 16.6 Å². The Bertz CT molecular complexity index is 1290. The first-order chi connectivity index (χ1) is 16.5. The number of carbonyl (C=O) groups excluding carboxylic acids is 1. The van der Waals surface area contributed by atoms with Gasteiger partial charge in [-0.1, -0.05) is 16.7 Å². The third kappa shape index (κ3) is 4.23. The Labute approximate surface area is 211 Å². The molecule has 3 aromatic heterocycles. The molecular formula is C24H25ClFN5O3S. The number of aromatic nitrogens is 4.